The lowest BCUT2D eigenvalue weighted by Gasteiger charge is -2.43. The number of anilines is 1. The molecule has 2 heterocycles. The van der Waals surface area contributed by atoms with Gasteiger partial charge in [-0.05, 0) is 37.5 Å². The Balaban J connectivity index is 2.09. The van der Waals surface area contributed by atoms with E-state index >= 15 is 0 Å². The summed E-state index contributed by atoms with van der Waals surface area (Å²) in [5.41, 5.74) is 0.909. The number of aromatic nitrogens is 2. The number of aliphatic hydroxyl groups excluding tert-OH is 1. The number of rotatable bonds is 5. The van der Waals surface area contributed by atoms with E-state index in [0.29, 0.717) is 0 Å². The molecule has 5 nitrogen and oxygen atoms in total. The molecule has 1 N–H and O–H groups in total. The van der Waals surface area contributed by atoms with Gasteiger partial charge in [0.1, 0.15) is 0 Å². The first-order chi connectivity index (χ1) is 9.57. The van der Waals surface area contributed by atoms with Gasteiger partial charge >= 0.3 is 0 Å². The largest absolute Gasteiger partial charge is 0.394 e. The maximum Gasteiger partial charge on any atom is 0.225 e. The van der Waals surface area contributed by atoms with Crippen LogP contribution in [0.4, 0.5) is 5.95 Å². The molecule has 1 saturated heterocycles. The Labute approximate surface area is 125 Å². The predicted molar refractivity (Wildman–Crippen MR) is 84.2 cm³/mol. The van der Waals surface area contributed by atoms with Crippen molar-refractivity contribution in [1.29, 1.82) is 0 Å². The highest BCUT2D eigenvalue weighted by Crippen LogP contribution is 2.32. The quantitative estimate of drug-likeness (QED) is 0.882. The fourth-order valence-electron chi connectivity index (χ4n) is 2.51. The zero-order valence-electron chi connectivity index (χ0n) is 12.5. The molecule has 1 aliphatic heterocycles. The molecule has 20 heavy (non-hydrogen) atoms. The summed E-state index contributed by atoms with van der Waals surface area (Å²) in [7, 11) is 5.97. The van der Waals surface area contributed by atoms with E-state index < -0.39 is 0 Å². The third kappa shape index (κ3) is 3.42. The van der Waals surface area contributed by atoms with E-state index in [0.717, 1.165) is 42.5 Å². The van der Waals surface area contributed by atoms with Gasteiger partial charge in [-0.25, -0.2) is 9.97 Å². The molecule has 2 rings (SSSR count). The van der Waals surface area contributed by atoms with Crippen LogP contribution >= 0.6 is 11.8 Å². The molecular formula is C14H24N4OS. The Morgan fingerprint density at radius 1 is 1.30 bits per heavy atom. The Bertz CT molecular complexity index is 435. The number of thioether (sulfide) groups is 1. The first-order valence-corrected chi connectivity index (χ1v) is 8.12. The van der Waals surface area contributed by atoms with Gasteiger partial charge in [0.05, 0.1) is 12.3 Å². The van der Waals surface area contributed by atoms with E-state index in [1.807, 2.05) is 36.8 Å². The van der Waals surface area contributed by atoms with Crippen molar-refractivity contribution in [2.45, 2.75) is 24.9 Å². The molecule has 1 aromatic heterocycles. The average Bonchev–Trinajstić information content (AvgIpc) is 2.48. The van der Waals surface area contributed by atoms with E-state index in [9.17, 15) is 5.11 Å². The minimum atomic E-state index is -0.0888. The van der Waals surface area contributed by atoms with Gasteiger partial charge in [0, 0.05) is 32.4 Å². The van der Waals surface area contributed by atoms with Gasteiger partial charge in [-0.1, -0.05) is 0 Å². The van der Waals surface area contributed by atoms with E-state index in [2.05, 4.69) is 21.9 Å². The normalized spacial score (nSPS) is 18.2. The molecule has 0 aromatic carbocycles. The van der Waals surface area contributed by atoms with Crippen LogP contribution in [0.5, 0.6) is 0 Å². The second kappa shape index (κ2) is 6.74. The van der Waals surface area contributed by atoms with Crippen LogP contribution in [-0.2, 0) is 6.54 Å². The molecule has 1 fully saturated rings. The predicted octanol–water partition coefficient (Wildman–Crippen LogP) is 1.23. The van der Waals surface area contributed by atoms with Crippen molar-refractivity contribution in [3.8, 4) is 0 Å². The highest BCUT2D eigenvalue weighted by molar-refractivity contribution is 7.99. The summed E-state index contributed by atoms with van der Waals surface area (Å²) in [5, 5.41) is 9.84. The van der Waals surface area contributed by atoms with Crippen LogP contribution in [0.25, 0.3) is 0 Å². The number of likely N-dealkylation sites (N-methyl/N-ethyl adjacent to an activating group) is 1. The molecule has 0 unspecified atom stereocenters. The number of hydrogen-bond acceptors (Lipinski definition) is 6. The highest BCUT2D eigenvalue weighted by atomic mass is 32.2. The Hall–Kier alpha value is -0.850. The first-order valence-electron chi connectivity index (χ1n) is 6.96. The second-order valence-corrected chi connectivity index (χ2v) is 6.82. The van der Waals surface area contributed by atoms with Gasteiger partial charge in [0.15, 0.2) is 0 Å². The highest BCUT2D eigenvalue weighted by Gasteiger charge is 2.35. The molecule has 0 saturated carbocycles. The monoisotopic (exact) mass is 296 g/mol. The zero-order chi connectivity index (χ0) is 14.6. The van der Waals surface area contributed by atoms with Crippen molar-refractivity contribution < 1.29 is 5.11 Å². The van der Waals surface area contributed by atoms with E-state index in [1.54, 1.807) is 6.20 Å². The van der Waals surface area contributed by atoms with E-state index in [-0.39, 0.29) is 12.1 Å². The number of nitrogens with zero attached hydrogens (tertiary/aromatic N) is 4. The molecule has 6 heteroatoms. The fraction of sp³-hybridized carbons (Fsp3) is 0.714. The fourth-order valence-corrected chi connectivity index (χ4v) is 3.76. The summed E-state index contributed by atoms with van der Waals surface area (Å²) >= 11 is 1.97. The Morgan fingerprint density at radius 2 is 2.00 bits per heavy atom. The zero-order valence-corrected chi connectivity index (χ0v) is 13.4. The topological polar surface area (TPSA) is 52.5 Å². The summed E-state index contributed by atoms with van der Waals surface area (Å²) in [4.78, 5) is 13.0. The molecule has 0 bridgehead atoms. The Morgan fingerprint density at radius 3 is 2.60 bits per heavy atom. The molecular weight excluding hydrogens is 272 g/mol. The minimum absolute atomic E-state index is 0.0888. The third-order valence-electron chi connectivity index (χ3n) is 4.03. The SMILES string of the molecule is CN(C)c1nccc(CN(C)C2(CO)CCSCC2)n1. The van der Waals surface area contributed by atoms with E-state index in [1.165, 1.54) is 0 Å². The third-order valence-corrected chi connectivity index (χ3v) is 5.01. The number of aliphatic hydroxyl groups is 1. The summed E-state index contributed by atoms with van der Waals surface area (Å²) in [6.07, 6.45) is 3.88. The van der Waals surface area contributed by atoms with Gasteiger partial charge in [-0.3, -0.25) is 4.90 Å². The van der Waals surface area contributed by atoms with Crippen molar-refractivity contribution in [3.63, 3.8) is 0 Å². The standard InChI is InChI=1S/C14H24N4OS/c1-17(2)13-15-7-4-12(16-13)10-18(3)14(11-19)5-8-20-9-6-14/h4,7,19H,5-6,8-11H2,1-3H3. The van der Waals surface area contributed by atoms with Crippen LogP contribution in [0, 0.1) is 0 Å². The maximum atomic E-state index is 9.84. The lowest BCUT2D eigenvalue weighted by atomic mass is 9.91. The maximum absolute atomic E-state index is 9.84. The first kappa shape index (κ1) is 15.5. The molecule has 0 spiro atoms. The molecule has 0 aliphatic carbocycles. The van der Waals surface area contributed by atoms with Crippen LogP contribution in [0.3, 0.4) is 0 Å². The van der Waals surface area contributed by atoms with Gasteiger partial charge < -0.3 is 10.0 Å². The van der Waals surface area contributed by atoms with Crippen molar-refractivity contribution in [2.75, 3.05) is 44.2 Å². The van der Waals surface area contributed by atoms with Crippen LogP contribution in [0.1, 0.15) is 18.5 Å². The average molecular weight is 296 g/mol. The van der Waals surface area contributed by atoms with Crippen LogP contribution in [0.2, 0.25) is 0 Å². The molecule has 1 aromatic rings. The molecule has 0 radical (unpaired) electrons. The van der Waals surface area contributed by atoms with E-state index in [4.69, 9.17) is 0 Å². The number of hydrogen-bond donors (Lipinski definition) is 1. The summed E-state index contributed by atoms with van der Waals surface area (Å²) in [6, 6.07) is 1.95. The van der Waals surface area contributed by atoms with Crippen LogP contribution in [-0.4, -0.2) is 64.8 Å². The lowest BCUT2D eigenvalue weighted by Crippen LogP contribution is -2.51. The van der Waals surface area contributed by atoms with Gasteiger partial charge in [0.2, 0.25) is 5.95 Å². The van der Waals surface area contributed by atoms with Gasteiger partial charge in [0.25, 0.3) is 0 Å². The van der Waals surface area contributed by atoms with Crippen molar-refractivity contribution in [1.82, 2.24) is 14.9 Å². The van der Waals surface area contributed by atoms with Crippen molar-refractivity contribution in [3.05, 3.63) is 18.0 Å². The van der Waals surface area contributed by atoms with Gasteiger partial charge in [-0.2, -0.15) is 11.8 Å². The smallest absolute Gasteiger partial charge is 0.225 e. The second-order valence-electron chi connectivity index (χ2n) is 5.59. The minimum Gasteiger partial charge on any atom is -0.394 e. The summed E-state index contributed by atoms with van der Waals surface area (Å²) < 4.78 is 0. The van der Waals surface area contributed by atoms with Crippen molar-refractivity contribution in [2.24, 2.45) is 0 Å². The summed E-state index contributed by atoms with van der Waals surface area (Å²) in [6.45, 7) is 0.963. The molecule has 1 aliphatic rings. The summed E-state index contributed by atoms with van der Waals surface area (Å²) in [5.74, 6) is 2.98. The Kier molecular flexibility index (Phi) is 5.23. The van der Waals surface area contributed by atoms with Crippen molar-refractivity contribution >= 4 is 17.7 Å². The molecule has 0 atom stereocenters. The van der Waals surface area contributed by atoms with Gasteiger partial charge in [-0.15, -0.1) is 0 Å². The van der Waals surface area contributed by atoms with Crippen LogP contribution < -0.4 is 4.90 Å². The molecule has 112 valence electrons. The van der Waals surface area contributed by atoms with Crippen LogP contribution in [0.15, 0.2) is 12.3 Å². The molecule has 0 amide bonds. The lowest BCUT2D eigenvalue weighted by molar-refractivity contribution is 0.0353.